The minimum atomic E-state index is -0.761. The van der Waals surface area contributed by atoms with Gasteiger partial charge in [0.05, 0.1) is 0 Å². The summed E-state index contributed by atoms with van der Waals surface area (Å²) in [5.74, 6) is 0.790. The molecule has 6 heteroatoms. The minimum absolute atomic E-state index is 0.0640. The summed E-state index contributed by atoms with van der Waals surface area (Å²) in [6, 6.07) is 0. The minimum Gasteiger partial charge on any atom is -0.462 e. The first-order valence-electron chi connectivity index (χ1n) is 26.7. The number of rotatable bonds is 48. The fraction of sp³-hybridized carbons (Fsp3) is 0.944. The van der Waals surface area contributed by atoms with Crippen molar-refractivity contribution in [1.82, 2.24) is 0 Å². The molecule has 60 heavy (non-hydrogen) atoms. The molecule has 0 unspecified atom stereocenters. The molecule has 0 aromatic heterocycles. The van der Waals surface area contributed by atoms with Crippen molar-refractivity contribution in [2.45, 2.75) is 304 Å². The number of carbonyl (C=O) groups excluding carboxylic acids is 3. The number of ether oxygens (including phenoxy) is 3. The molecule has 0 fully saturated rings. The van der Waals surface area contributed by atoms with E-state index >= 15 is 0 Å². The molecule has 0 N–H and O–H groups in total. The molecule has 0 saturated heterocycles. The Balaban J connectivity index is 4.20. The Bertz CT molecular complexity index is 916. The summed E-state index contributed by atoms with van der Waals surface area (Å²) in [7, 11) is 0. The van der Waals surface area contributed by atoms with E-state index in [1.165, 1.54) is 186 Å². The monoisotopic (exact) mass is 849 g/mol. The molecule has 1 atom stereocenters. The lowest BCUT2D eigenvalue weighted by Crippen LogP contribution is -2.30. The molecule has 0 amide bonds. The highest BCUT2D eigenvalue weighted by atomic mass is 16.6. The van der Waals surface area contributed by atoms with E-state index in [-0.39, 0.29) is 31.1 Å². The summed E-state index contributed by atoms with van der Waals surface area (Å²) in [5, 5.41) is 0. The van der Waals surface area contributed by atoms with Gasteiger partial charge in [0.1, 0.15) is 13.2 Å². The Hall–Kier alpha value is -1.59. The van der Waals surface area contributed by atoms with E-state index in [1.807, 2.05) is 0 Å². The lowest BCUT2D eigenvalue weighted by atomic mass is 10.0. The van der Waals surface area contributed by atoms with Crippen molar-refractivity contribution in [3.8, 4) is 0 Å². The van der Waals surface area contributed by atoms with Gasteiger partial charge in [-0.05, 0) is 31.1 Å². The van der Waals surface area contributed by atoms with E-state index in [1.54, 1.807) is 0 Å². The van der Waals surface area contributed by atoms with Crippen LogP contribution in [0, 0.1) is 11.8 Å². The number of hydrogen-bond donors (Lipinski definition) is 0. The first-order chi connectivity index (χ1) is 29.2. The van der Waals surface area contributed by atoms with Gasteiger partial charge >= 0.3 is 17.9 Å². The fourth-order valence-electron chi connectivity index (χ4n) is 8.17. The molecule has 6 nitrogen and oxygen atoms in total. The second-order valence-corrected chi connectivity index (χ2v) is 19.5. The van der Waals surface area contributed by atoms with Crippen LogP contribution in [-0.4, -0.2) is 37.2 Å². The number of carbonyl (C=O) groups is 3. The molecule has 0 bridgehead atoms. The smallest absolute Gasteiger partial charge is 0.306 e. The maximum Gasteiger partial charge on any atom is 0.306 e. The Kier molecular flexibility index (Phi) is 45.7. The fourth-order valence-corrected chi connectivity index (χ4v) is 8.17. The van der Waals surface area contributed by atoms with Gasteiger partial charge in [-0.15, -0.1) is 0 Å². The zero-order valence-corrected chi connectivity index (χ0v) is 41.1. The van der Waals surface area contributed by atoms with E-state index in [4.69, 9.17) is 14.2 Å². The molecule has 0 rings (SSSR count). The lowest BCUT2D eigenvalue weighted by Gasteiger charge is -2.18. The lowest BCUT2D eigenvalue weighted by molar-refractivity contribution is -0.167. The van der Waals surface area contributed by atoms with Crippen molar-refractivity contribution in [2.75, 3.05) is 13.2 Å². The average molecular weight is 849 g/mol. The summed E-state index contributed by atoms with van der Waals surface area (Å²) in [5.41, 5.74) is 0. The SMILES string of the molecule is CCCCCCCCCCCCCC(=O)OC[C@@H](COC(=O)CCCCCCCCCC(C)C)OC(=O)CCCCCCCCCCCCCCCCCCCCC(C)C. The summed E-state index contributed by atoms with van der Waals surface area (Å²) in [4.78, 5) is 37.9. The molecule has 0 aromatic carbocycles. The summed E-state index contributed by atoms with van der Waals surface area (Å²) >= 11 is 0. The largest absolute Gasteiger partial charge is 0.462 e. The summed E-state index contributed by atoms with van der Waals surface area (Å²) in [6.45, 7) is 11.3. The second kappa shape index (κ2) is 46.9. The molecule has 0 aromatic rings. The first kappa shape index (κ1) is 58.4. The van der Waals surface area contributed by atoms with Crippen molar-refractivity contribution in [3.63, 3.8) is 0 Å². The highest BCUT2D eigenvalue weighted by Gasteiger charge is 2.19. The molecular weight excluding hydrogens is 745 g/mol. The van der Waals surface area contributed by atoms with Crippen LogP contribution in [0.25, 0.3) is 0 Å². The van der Waals surface area contributed by atoms with E-state index in [2.05, 4.69) is 34.6 Å². The van der Waals surface area contributed by atoms with Crippen molar-refractivity contribution in [3.05, 3.63) is 0 Å². The van der Waals surface area contributed by atoms with Crippen molar-refractivity contribution in [1.29, 1.82) is 0 Å². The molecule has 0 radical (unpaired) electrons. The van der Waals surface area contributed by atoms with Gasteiger partial charge in [-0.25, -0.2) is 0 Å². The van der Waals surface area contributed by atoms with Gasteiger partial charge in [-0.3, -0.25) is 14.4 Å². The van der Waals surface area contributed by atoms with Crippen LogP contribution in [-0.2, 0) is 28.6 Å². The van der Waals surface area contributed by atoms with E-state index in [0.29, 0.717) is 19.3 Å². The van der Waals surface area contributed by atoms with E-state index in [9.17, 15) is 14.4 Å². The molecule has 0 saturated carbocycles. The van der Waals surface area contributed by atoms with Crippen LogP contribution in [0.5, 0.6) is 0 Å². The number of esters is 3. The molecule has 0 aliphatic carbocycles. The van der Waals surface area contributed by atoms with Gasteiger partial charge < -0.3 is 14.2 Å². The Morgan fingerprint density at radius 2 is 0.550 bits per heavy atom. The number of hydrogen-bond acceptors (Lipinski definition) is 6. The van der Waals surface area contributed by atoms with E-state index < -0.39 is 6.10 Å². The van der Waals surface area contributed by atoms with Crippen LogP contribution < -0.4 is 0 Å². The van der Waals surface area contributed by atoms with Crippen LogP contribution in [0.3, 0.4) is 0 Å². The Morgan fingerprint density at radius 3 is 0.817 bits per heavy atom. The predicted octanol–water partition coefficient (Wildman–Crippen LogP) is 17.3. The summed E-state index contributed by atoms with van der Waals surface area (Å²) < 4.78 is 16.8. The predicted molar refractivity (Wildman–Crippen MR) is 256 cm³/mol. The zero-order valence-electron chi connectivity index (χ0n) is 41.1. The standard InChI is InChI=1S/C54H104O6/c1-6-7-8-9-10-11-20-24-29-34-39-44-52(55)58-47-51(48-59-53(56)45-40-35-31-26-28-33-38-43-50(4)5)60-54(57)46-41-36-30-25-22-19-17-15-13-12-14-16-18-21-23-27-32-37-42-49(2)3/h49-51H,6-48H2,1-5H3/t51-/m0/s1. The molecule has 356 valence electrons. The Labute approximate surface area is 374 Å². The maximum atomic E-state index is 12.8. The van der Waals surface area contributed by atoms with E-state index in [0.717, 1.165) is 69.6 Å². The van der Waals surface area contributed by atoms with Gasteiger partial charge in [-0.1, -0.05) is 259 Å². The maximum absolute atomic E-state index is 12.8. The van der Waals surface area contributed by atoms with Crippen LogP contribution in [0.15, 0.2) is 0 Å². The highest BCUT2D eigenvalue weighted by Crippen LogP contribution is 2.18. The number of unbranched alkanes of at least 4 members (excludes halogenated alkanes) is 33. The molecule has 0 aliphatic rings. The van der Waals surface area contributed by atoms with Gasteiger partial charge in [-0.2, -0.15) is 0 Å². The first-order valence-corrected chi connectivity index (χ1v) is 26.7. The molecular formula is C54H104O6. The van der Waals surface area contributed by atoms with Gasteiger partial charge in [0, 0.05) is 19.3 Å². The van der Waals surface area contributed by atoms with Gasteiger partial charge in [0.2, 0.25) is 0 Å². The van der Waals surface area contributed by atoms with Crippen LogP contribution >= 0.6 is 0 Å². The van der Waals surface area contributed by atoms with Crippen molar-refractivity contribution < 1.29 is 28.6 Å². The third-order valence-corrected chi connectivity index (χ3v) is 12.2. The average Bonchev–Trinajstić information content (AvgIpc) is 3.22. The van der Waals surface area contributed by atoms with Crippen LogP contribution in [0.2, 0.25) is 0 Å². The normalized spacial score (nSPS) is 12.1. The van der Waals surface area contributed by atoms with Gasteiger partial charge in [0.15, 0.2) is 6.10 Å². The topological polar surface area (TPSA) is 78.9 Å². The summed E-state index contributed by atoms with van der Waals surface area (Å²) in [6.07, 6.45) is 48.2. The Morgan fingerprint density at radius 1 is 0.317 bits per heavy atom. The van der Waals surface area contributed by atoms with Gasteiger partial charge in [0.25, 0.3) is 0 Å². The quantitative estimate of drug-likeness (QED) is 0.0345. The molecule has 0 spiro atoms. The van der Waals surface area contributed by atoms with Crippen molar-refractivity contribution in [2.24, 2.45) is 11.8 Å². The molecule has 0 heterocycles. The third-order valence-electron chi connectivity index (χ3n) is 12.2. The zero-order chi connectivity index (χ0) is 44.0. The highest BCUT2D eigenvalue weighted by molar-refractivity contribution is 5.71. The second-order valence-electron chi connectivity index (χ2n) is 19.5. The van der Waals surface area contributed by atoms with Crippen LogP contribution in [0.1, 0.15) is 298 Å². The van der Waals surface area contributed by atoms with Crippen LogP contribution in [0.4, 0.5) is 0 Å². The van der Waals surface area contributed by atoms with Crippen molar-refractivity contribution >= 4 is 17.9 Å². The molecule has 0 aliphatic heterocycles. The third kappa shape index (κ3) is 47.5.